The molecule has 6 aromatic carbocycles. The Morgan fingerprint density at radius 2 is 0.788 bits per heavy atom. The van der Waals surface area contributed by atoms with E-state index in [0.29, 0.717) is 10.0 Å². The molecule has 0 saturated heterocycles. The normalized spacial score (nSPS) is 12.2. The van der Waals surface area contributed by atoms with E-state index in [1.165, 1.54) is 43.8 Å². The van der Waals surface area contributed by atoms with Crippen LogP contribution in [0, 0.1) is 0 Å². The van der Waals surface area contributed by atoms with Gasteiger partial charge < -0.3 is 0 Å². The first-order valence-corrected chi connectivity index (χ1v) is 26.3. The van der Waals surface area contributed by atoms with Crippen LogP contribution < -0.4 is 0 Å². The zero-order valence-electron chi connectivity index (χ0n) is 32.9. The summed E-state index contributed by atoms with van der Waals surface area (Å²) in [7, 11) is 12.5. The molecule has 0 aliphatic heterocycles. The number of halogens is 4. The van der Waals surface area contributed by atoms with Gasteiger partial charge in [-0.2, -0.15) is 18.2 Å². The number of hydrogen-bond donors (Lipinski definition) is 0. The first kappa shape index (κ1) is 42.8. The van der Waals surface area contributed by atoms with Crippen LogP contribution in [-0.2, 0) is 40.5 Å². The maximum Gasteiger partial charge on any atom is -0.172 e. The second-order valence-corrected chi connectivity index (χ2v) is 26.7. The molecule has 276 valence electrons. The average molecular weight is 852 g/mol. The fraction of sp³-hybridized carbons (Fsp3) is 0.340. The Hall–Kier alpha value is -1.99. The number of rotatable bonds is 2. The Bertz CT molecular complexity index is 1960. The summed E-state index contributed by atoms with van der Waals surface area (Å²) in [4.78, 5) is 0. The number of benzene rings is 4. The van der Waals surface area contributed by atoms with Crippen molar-refractivity contribution in [3.63, 3.8) is 0 Å². The van der Waals surface area contributed by atoms with Gasteiger partial charge in [0.2, 0.25) is 0 Å². The maximum absolute atomic E-state index is 6.25. The fourth-order valence-electron chi connectivity index (χ4n) is 6.53. The average Bonchev–Trinajstić information content (AvgIpc) is 3.72. The van der Waals surface area contributed by atoms with Gasteiger partial charge in [-0.05, 0) is 21.7 Å². The summed E-state index contributed by atoms with van der Waals surface area (Å²) in [6, 6.07) is 37.4. The van der Waals surface area contributed by atoms with E-state index in [9.17, 15) is 0 Å². The van der Waals surface area contributed by atoms with Crippen LogP contribution in [0.4, 0.5) is 0 Å². The molecule has 0 atom stereocenters. The van der Waals surface area contributed by atoms with Crippen LogP contribution in [0.15, 0.2) is 109 Å². The van der Waals surface area contributed by atoms with Crippen molar-refractivity contribution in [1.82, 2.24) is 0 Å². The molecule has 6 aromatic rings. The van der Waals surface area contributed by atoms with Gasteiger partial charge in [0.1, 0.15) is 0 Å². The summed E-state index contributed by atoms with van der Waals surface area (Å²) in [6.07, 6.45) is 0. The smallest absolute Gasteiger partial charge is 0.172 e. The van der Waals surface area contributed by atoms with E-state index in [1.54, 1.807) is 0 Å². The fourth-order valence-corrected chi connectivity index (χ4v) is 11.3. The summed E-state index contributed by atoms with van der Waals surface area (Å²) in [5, 5.41) is 6.97. The van der Waals surface area contributed by atoms with Gasteiger partial charge in [0.15, 0.2) is 0 Å². The Kier molecular flexibility index (Phi) is 13.8. The van der Waals surface area contributed by atoms with Crippen molar-refractivity contribution < 1.29 is 18.9 Å². The molecule has 0 nitrogen and oxygen atoms in total. The molecule has 0 saturated carbocycles. The van der Waals surface area contributed by atoms with E-state index in [-0.39, 0.29) is 21.7 Å². The molecule has 0 aromatic heterocycles. The molecule has 0 aliphatic rings. The van der Waals surface area contributed by atoms with Crippen LogP contribution in [0.2, 0.25) is 10.0 Å². The van der Waals surface area contributed by atoms with Crippen LogP contribution in [0.3, 0.4) is 0 Å². The van der Waals surface area contributed by atoms with Gasteiger partial charge in [-0.1, -0.05) is 117 Å². The largest absolute Gasteiger partial charge is 0.214 e. The van der Waals surface area contributed by atoms with E-state index in [4.69, 9.17) is 40.2 Å². The second kappa shape index (κ2) is 16.8. The van der Waals surface area contributed by atoms with Crippen molar-refractivity contribution in [3.8, 4) is 0 Å². The van der Waals surface area contributed by atoms with Crippen LogP contribution >= 0.6 is 40.2 Å². The predicted molar refractivity (Wildman–Crippen MR) is 232 cm³/mol. The summed E-state index contributed by atoms with van der Waals surface area (Å²) >= 11 is 9.20. The molecule has 0 heterocycles. The molecule has 0 unspecified atom stereocenters. The number of fused-ring (bicyclic) bond motifs is 3. The zero-order valence-corrected chi connectivity index (χ0v) is 38.4. The second-order valence-electron chi connectivity index (χ2n) is 17.7. The van der Waals surface area contributed by atoms with Gasteiger partial charge in [-0.25, -0.2) is 12.1 Å². The topological polar surface area (TPSA) is 0 Å². The molecular weight excluding hydrogens is 798 g/mol. The van der Waals surface area contributed by atoms with E-state index in [2.05, 4.69) is 113 Å². The van der Waals surface area contributed by atoms with Crippen molar-refractivity contribution in [2.45, 2.75) is 105 Å². The minimum Gasteiger partial charge on any atom is -0.214 e. The third kappa shape index (κ3) is 10.8. The molecule has 0 aliphatic carbocycles. The minimum absolute atomic E-state index is 0.124. The van der Waals surface area contributed by atoms with Crippen molar-refractivity contribution in [2.75, 3.05) is 0 Å². The third-order valence-corrected chi connectivity index (χ3v) is 14.3. The van der Waals surface area contributed by atoms with Crippen LogP contribution in [0.25, 0.3) is 21.5 Å². The van der Waals surface area contributed by atoms with Gasteiger partial charge in [0, 0.05) is 0 Å². The van der Waals surface area contributed by atoms with Gasteiger partial charge in [-0.3, -0.25) is 0 Å². The van der Waals surface area contributed by atoms with Crippen LogP contribution in [-0.4, -0.2) is 3.21 Å². The standard InChI is InChI=1S/C29H41.C13H8Cl2.C5H5.2ClH.Zr/c1-26(2,3)22-14-18-13-19-15-23(27(4,5)6)25(29(10,11)12)17-21(19)20(18)16-24(22)28(7,8)9;14-12-5-1-10(2-6-12)9-11-3-7-13(15)8-4-11;1-2-4-5-3-1;;;/h13-17H,1-12H3;1-8H;1-5H;2*1H;/q-1;;-1;;;+2/p-2. The van der Waals surface area contributed by atoms with Gasteiger partial charge in [0.25, 0.3) is 0 Å². The Morgan fingerprint density at radius 1 is 0.481 bits per heavy atom. The SMILES string of the molecule is CC(C)(C)c1cc2[cH-]c3cc(C(C)(C)C)c(C(C)(C)C)cc3c2cc1C(C)(C)C.Clc1ccc([C](c2ccc(Cl)cc2)=[Zr]([Cl])[Cl])cc1.c1cc[cH-]c1. The quantitative estimate of drug-likeness (QED) is 0.152. The Balaban J connectivity index is 0.000000221. The van der Waals surface area contributed by atoms with Crippen LogP contribution in [0.5, 0.6) is 0 Å². The molecule has 0 amide bonds. The van der Waals surface area contributed by atoms with Crippen LogP contribution in [0.1, 0.15) is 116 Å². The molecule has 0 N–H and O–H groups in total. The molecule has 0 spiro atoms. The summed E-state index contributed by atoms with van der Waals surface area (Å²) in [6.45, 7) is 28.0. The van der Waals surface area contributed by atoms with Crippen molar-refractivity contribution in [1.29, 1.82) is 0 Å². The van der Waals surface area contributed by atoms with Gasteiger partial charge in [0.05, 0.1) is 0 Å². The van der Waals surface area contributed by atoms with Gasteiger partial charge >= 0.3 is 132 Å². The molecule has 52 heavy (non-hydrogen) atoms. The number of hydrogen-bond acceptors (Lipinski definition) is 0. The predicted octanol–water partition coefficient (Wildman–Crippen LogP) is 15.8. The molecule has 0 radical (unpaired) electrons. The Morgan fingerprint density at radius 3 is 1.04 bits per heavy atom. The third-order valence-electron chi connectivity index (χ3n) is 9.22. The molecule has 0 fully saturated rings. The molecule has 6 rings (SSSR count). The van der Waals surface area contributed by atoms with E-state index >= 15 is 0 Å². The van der Waals surface area contributed by atoms with Gasteiger partial charge in [-0.15, -0.1) is 39.7 Å². The summed E-state index contributed by atoms with van der Waals surface area (Å²) in [5.74, 6) is 0. The maximum atomic E-state index is 6.25. The summed E-state index contributed by atoms with van der Waals surface area (Å²) in [5.41, 5.74) is 8.46. The van der Waals surface area contributed by atoms with E-state index in [1.807, 2.05) is 78.9 Å². The Labute approximate surface area is 338 Å². The zero-order chi connectivity index (χ0) is 38.8. The first-order valence-electron chi connectivity index (χ1n) is 18.0. The monoisotopic (exact) mass is 848 g/mol. The van der Waals surface area contributed by atoms with Crippen molar-refractivity contribution >= 4 is 65.0 Å². The summed E-state index contributed by atoms with van der Waals surface area (Å²) < 4.78 is 1.04. The van der Waals surface area contributed by atoms with E-state index < -0.39 is 18.9 Å². The molecule has 5 heteroatoms. The van der Waals surface area contributed by atoms with Crippen molar-refractivity contribution in [2.24, 2.45) is 0 Å². The molecular formula is C47H54Cl4Zr-2. The minimum atomic E-state index is -2.57. The molecule has 0 bridgehead atoms. The van der Waals surface area contributed by atoms with Crippen molar-refractivity contribution in [3.05, 3.63) is 153 Å². The first-order chi connectivity index (χ1) is 24.0. The van der Waals surface area contributed by atoms with E-state index in [0.717, 1.165) is 14.3 Å².